The van der Waals surface area contributed by atoms with Gasteiger partial charge in [0.2, 0.25) is 0 Å². The van der Waals surface area contributed by atoms with Crippen molar-refractivity contribution in [3.8, 4) is 0 Å². The summed E-state index contributed by atoms with van der Waals surface area (Å²) in [6.45, 7) is 2.92. The summed E-state index contributed by atoms with van der Waals surface area (Å²) in [4.78, 5) is 0. The van der Waals surface area contributed by atoms with Gasteiger partial charge in [0.15, 0.2) is 0 Å². The van der Waals surface area contributed by atoms with Crippen molar-refractivity contribution in [2.75, 3.05) is 13.7 Å². The van der Waals surface area contributed by atoms with Gasteiger partial charge in [0.05, 0.1) is 0 Å². The quantitative estimate of drug-likeness (QED) is 0.301. The van der Waals surface area contributed by atoms with Gasteiger partial charge in [-0.3, -0.25) is 0 Å². The van der Waals surface area contributed by atoms with Crippen LogP contribution in [-0.4, -0.2) is 34.9 Å². The van der Waals surface area contributed by atoms with E-state index in [1.165, 1.54) is 10.0 Å². The number of alkyl halides is 1. The van der Waals surface area contributed by atoms with Gasteiger partial charge in [0, 0.05) is 0 Å². The zero-order chi connectivity index (χ0) is 14.5. The Bertz CT molecular complexity index is 371. The molecule has 116 valence electrons. The molecule has 3 nitrogen and oxygen atoms in total. The van der Waals surface area contributed by atoms with Crippen LogP contribution in [0.4, 0.5) is 0 Å². The van der Waals surface area contributed by atoms with Gasteiger partial charge in [0.25, 0.3) is 0 Å². The second-order valence-corrected chi connectivity index (χ2v) is 9.87. The van der Waals surface area contributed by atoms with Crippen LogP contribution in [0.25, 0.3) is 0 Å². The number of halogens is 2. The molecule has 0 radical (unpaired) electrons. The Morgan fingerprint density at radius 1 is 1.40 bits per heavy atom. The van der Waals surface area contributed by atoms with Crippen LogP contribution < -0.4 is 21.6 Å². The van der Waals surface area contributed by atoms with Crippen molar-refractivity contribution in [2.24, 2.45) is 5.92 Å². The number of methoxy groups -OCH3 is 1. The van der Waals surface area contributed by atoms with Gasteiger partial charge in [-0.05, 0) is 0 Å². The van der Waals surface area contributed by atoms with Crippen molar-refractivity contribution >= 4 is 39.9 Å². The number of rotatable bonds is 5. The van der Waals surface area contributed by atoms with Crippen LogP contribution in [0.15, 0.2) is 9.66 Å². The van der Waals surface area contributed by atoms with Crippen molar-refractivity contribution < 1.29 is 34.2 Å². The molecule has 1 saturated carbocycles. The standard InChI is InChI=1S/C14H21I2O3S/c1-9(15)7-10-3-4-12(13(8-10)17-2)19-16-11-5-6-18-14(11)20/h7,10-13H,3-6,8H2,1-2H3/q-1/b9-7+/t10?,11?,12?,13-/m1/s1. The van der Waals surface area contributed by atoms with Crippen molar-refractivity contribution in [3.63, 3.8) is 0 Å². The molecule has 0 aromatic heterocycles. The maximum atomic E-state index is 6.19. The van der Waals surface area contributed by atoms with Crippen LogP contribution in [0.3, 0.4) is 0 Å². The summed E-state index contributed by atoms with van der Waals surface area (Å²) in [5.41, 5.74) is 0. The van der Waals surface area contributed by atoms with Crippen LogP contribution in [0, 0.1) is 5.92 Å². The van der Waals surface area contributed by atoms with E-state index < -0.39 is 0 Å². The van der Waals surface area contributed by atoms with Gasteiger partial charge in [-0.15, -0.1) is 0 Å². The van der Waals surface area contributed by atoms with E-state index in [1.54, 1.807) is 7.11 Å². The van der Waals surface area contributed by atoms with E-state index in [-0.39, 0.29) is 33.8 Å². The molecule has 1 aliphatic carbocycles. The Balaban J connectivity index is 1.83. The molecule has 2 rings (SSSR count). The topological polar surface area (TPSA) is 27.7 Å². The van der Waals surface area contributed by atoms with E-state index >= 15 is 0 Å². The van der Waals surface area contributed by atoms with Crippen LogP contribution in [0.5, 0.6) is 0 Å². The molecule has 0 bridgehead atoms. The predicted octanol–water partition coefficient (Wildman–Crippen LogP) is 0.646. The number of hydrogen-bond donors (Lipinski definition) is 0. The van der Waals surface area contributed by atoms with E-state index in [0.29, 0.717) is 9.84 Å². The third-order valence-corrected chi connectivity index (χ3v) is 7.62. The summed E-state index contributed by atoms with van der Waals surface area (Å²) >= 11 is 7.22. The molecule has 0 aromatic rings. The first-order valence-corrected chi connectivity index (χ1v) is 10.5. The molecule has 6 heteroatoms. The Morgan fingerprint density at radius 3 is 2.80 bits per heavy atom. The average molecular weight is 523 g/mol. The molecule has 1 aliphatic heterocycles. The number of hydrogen-bond acceptors (Lipinski definition) is 4. The minimum atomic E-state index is -0.372. The number of ether oxygens (including phenoxy) is 2. The molecule has 20 heavy (non-hydrogen) atoms. The molecule has 3 unspecified atom stereocenters. The van der Waals surface area contributed by atoms with Gasteiger partial charge >= 0.3 is 152 Å². The molecule has 2 aliphatic rings. The molecular weight excluding hydrogens is 502 g/mol. The van der Waals surface area contributed by atoms with Gasteiger partial charge < -0.3 is 0 Å². The summed E-state index contributed by atoms with van der Waals surface area (Å²) in [5.74, 6) is 0.630. The summed E-state index contributed by atoms with van der Waals surface area (Å²) in [6.07, 6.45) is 7.21. The third kappa shape index (κ3) is 5.03. The summed E-state index contributed by atoms with van der Waals surface area (Å²) in [7, 11) is 1.80. The van der Waals surface area contributed by atoms with Gasteiger partial charge in [-0.2, -0.15) is 0 Å². The van der Waals surface area contributed by atoms with Crippen LogP contribution >= 0.6 is 34.8 Å². The normalized spacial score (nSPS) is 35.4. The first kappa shape index (κ1) is 17.4. The van der Waals surface area contributed by atoms with Crippen molar-refractivity contribution in [3.05, 3.63) is 9.66 Å². The van der Waals surface area contributed by atoms with Crippen molar-refractivity contribution in [2.45, 2.75) is 48.7 Å². The van der Waals surface area contributed by atoms with Crippen molar-refractivity contribution in [1.82, 2.24) is 0 Å². The summed E-state index contributed by atoms with van der Waals surface area (Å²) in [6, 6.07) is 0. The SMILES string of the molecule is CO[C@@H]1CC(/C=C(\C)I)CCC1O[I-]C1CCOC1=S. The zero-order valence-electron chi connectivity index (χ0n) is 11.8. The van der Waals surface area contributed by atoms with Crippen LogP contribution in [0.2, 0.25) is 0 Å². The van der Waals surface area contributed by atoms with Crippen molar-refractivity contribution in [1.29, 1.82) is 0 Å². The Kier molecular flexibility index (Phi) is 7.46. The second-order valence-electron chi connectivity index (χ2n) is 5.24. The fourth-order valence-electron chi connectivity index (χ4n) is 2.64. The van der Waals surface area contributed by atoms with Gasteiger partial charge in [0.1, 0.15) is 0 Å². The van der Waals surface area contributed by atoms with Gasteiger partial charge in [-0.25, -0.2) is 0 Å². The minimum absolute atomic E-state index is 0.219. The molecule has 1 heterocycles. The number of thiocarbonyl (C=S) groups is 1. The molecule has 0 aromatic carbocycles. The van der Waals surface area contributed by atoms with E-state index in [2.05, 4.69) is 35.6 Å². The molecule has 4 atom stereocenters. The first-order valence-electron chi connectivity index (χ1n) is 6.92. The van der Waals surface area contributed by atoms with E-state index in [0.717, 1.165) is 30.9 Å². The molecule has 0 N–H and O–H groups in total. The fraction of sp³-hybridized carbons (Fsp3) is 0.786. The van der Waals surface area contributed by atoms with E-state index in [9.17, 15) is 0 Å². The number of allylic oxidation sites excluding steroid dienone is 2. The second kappa shape index (κ2) is 8.59. The Hall–Kier alpha value is 1.01. The van der Waals surface area contributed by atoms with Crippen LogP contribution in [0.1, 0.15) is 32.6 Å². The molecule has 0 amide bonds. The fourth-order valence-corrected chi connectivity index (χ4v) is 5.80. The average Bonchev–Trinajstić information content (AvgIpc) is 2.82. The molecule has 1 saturated heterocycles. The van der Waals surface area contributed by atoms with Gasteiger partial charge in [-0.1, -0.05) is 0 Å². The molecule has 2 fully saturated rings. The Morgan fingerprint density at radius 2 is 2.20 bits per heavy atom. The van der Waals surface area contributed by atoms with E-state index in [4.69, 9.17) is 24.8 Å². The maximum absolute atomic E-state index is 6.19. The summed E-state index contributed by atoms with van der Waals surface area (Å²) in [5, 5.41) is 0.768. The zero-order valence-corrected chi connectivity index (χ0v) is 16.9. The summed E-state index contributed by atoms with van der Waals surface area (Å²) < 4.78 is 19.0. The molecular formula is C14H21I2O3S-. The molecule has 0 spiro atoms. The third-order valence-electron chi connectivity index (χ3n) is 3.68. The van der Waals surface area contributed by atoms with Crippen LogP contribution in [-0.2, 0) is 12.5 Å². The first-order chi connectivity index (χ1) is 9.60. The predicted molar refractivity (Wildman–Crippen MR) is 87.7 cm³/mol. The monoisotopic (exact) mass is 523 g/mol. The Labute approximate surface area is 151 Å². The van der Waals surface area contributed by atoms with E-state index in [1.807, 2.05) is 0 Å².